The second-order valence-corrected chi connectivity index (χ2v) is 10.6. The van der Waals surface area contributed by atoms with Crippen molar-refractivity contribution in [3.8, 4) is 17.0 Å². The number of piperazine rings is 1. The lowest BCUT2D eigenvalue weighted by molar-refractivity contribution is -0.122. The molecular weight excluding hydrogens is 586 g/mol. The van der Waals surface area contributed by atoms with Crippen LogP contribution in [0.5, 0.6) is 5.75 Å². The van der Waals surface area contributed by atoms with Gasteiger partial charge in [0.25, 0.3) is 18.3 Å². The van der Waals surface area contributed by atoms with Gasteiger partial charge in [-0.2, -0.15) is 4.39 Å². The summed E-state index contributed by atoms with van der Waals surface area (Å²) in [5.41, 5.74) is 0.884. The summed E-state index contributed by atoms with van der Waals surface area (Å²) in [5.74, 6) is -2.52. The number of nitrogens with zero attached hydrogens (tertiary/aromatic N) is 4. The molecule has 2 aliphatic rings. The van der Waals surface area contributed by atoms with E-state index >= 15 is 0 Å². The molecule has 3 aromatic rings. The van der Waals surface area contributed by atoms with Gasteiger partial charge in [0.2, 0.25) is 5.82 Å². The molecule has 0 aliphatic carbocycles. The number of hydrogen-bond donors (Lipinski definition) is 3. The number of benzene rings is 2. The Morgan fingerprint density at radius 1 is 1.19 bits per heavy atom. The molecule has 0 spiro atoms. The summed E-state index contributed by atoms with van der Waals surface area (Å²) in [7, 11) is 2.77. The van der Waals surface area contributed by atoms with E-state index in [-0.39, 0.29) is 40.2 Å². The fraction of sp³-hybridized carbons (Fsp3) is 0.379. The third-order valence-corrected chi connectivity index (χ3v) is 7.84. The molecule has 3 heterocycles. The highest BCUT2D eigenvalue weighted by Gasteiger charge is 2.26. The van der Waals surface area contributed by atoms with Crippen molar-refractivity contribution in [1.29, 1.82) is 0 Å². The van der Waals surface area contributed by atoms with Gasteiger partial charge < -0.3 is 29.9 Å². The van der Waals surface area contributed by atoms with Crippen molar-refractivity contribution in [2.24, 2.45) is 13.0 Å². The first-order valence-electron chi connectivity index (χ1n) is 13.6. The number of amides is 2. The summed E-state index contributed by atoms with van der Waals surface area (Å²) < 4.78 is 35.0. The third kappa shape index (κ3) is 7.29. The van der Waals surface area contributed by atoms with Gasteiger partial charge in [-0.3, -0.25) is 19.3 Å². The number of hydrogen-bond acceptors (Lipinski definition) is 7. The van der Waals surface area contributed by atoms with Gasteiger partial charge in [-0.15, -0.1) is 0 Å². The highest BCUT2D eigenvalue weighted by molar-refractivity contribution is 6.34. The fourth-order valence-corrected chi connectivity index (χ4v) is 5.51. The lowest BCUT2D eigenvalue weighted by Gasteiger charge is -2.36. The van der Waals surface area contributed by atoms with Crippen LogP contribution in [0.25, 0.3) is 11.3 Å². The Morgan fingerprint density at radius 3 is 2.53 bits per heavy atom. The topological polar surface area (TPSA) is 129 Å². The SMILES string of the molecule is COc1ccc(-c2cnc(C(=O)Nc3ccc(C(=O)N4CCN(CC5CCNC5)CC4)c(Cl)c3)n2C)c(F)c1F.O=CO. The van der Waals surface area contributed by atoms with E-state index in [0.29, 0.717) is 30.3 Å². The Morgan fingerprint density at radius 2 is 1.91 bits per heavy atom. The first-order valence-corrected chi connectivity index (χ1v) is 14.0. The van der Waals surface area contributed by atoms with E-state index in [9.17, 15) is 18.4 Å². The summed E-state index contributed by atoms with van der Waals surface area (Å²) in [5, 5.41) is 13.2. The van der Waals surface area contributed by atoms with Crippen LogP contribution in [0.1, 0.15) is 27.4 Å². The highest BCUT2D eigenvalue weighted by atomic mass is 35.5. The maximum Gasteiger partial charge on any atom is 0.291 e. The van der Waals surface area contributed by atoms with Gasteiger partial charge in [0.15, 0.2) is 17.4 Å². The van der Waals surface area contributed by atoms with Crippen LogP contribution < -0.4 is 15.4 Å². The molecule has 1 atom stereocenters. The van der Waals surface area contributed by atoms with Crippen LogP contribution in [-0.4, -0.2) is 95.7 Å². The number of anilines is 1. The van der Waals surface area contributed by atoms with Crippen molar-refractivity contribution in [2.45, 2.75) is 6.42 Å². The molecule has 230 valence electrons. The largest absolute Gasteiger partial charge is 0.494 e. The summed E-state index contributed by atoms with van der Waals surface area (Å²) >= 11 is 6.46. The van der Waals surface area contributed by atoms with E-state index in [2.05, 4.69) is 20.5 Å². The number of rotatable bonds is 7. The molecule has 0 radical (unpaired) electrons. The molecule has 2 aliphatic heterocycles. The smallest absolute Gasteiger partial charge is 0.291 e. The molecule has 1 unspecified atom stereocenters. The van der Waals surface area contributed by atoms with Crippen molar-refractivity contribution in [2.75, 3.05) is 58.2 Å². The summed E-state index contributed by atoms with van der Waals surface area (Å²) in [4.78, 5) is 42.8. The molecule has 1 aromatic heterocycles. The Hall–Kier alpha value is -4.07. The van der Waals surface area contributed by atoms with Gasteiger partial charge in [0, 0.05) is 51.0 Å². The quantitative estimate of drug-likeness (QED) is 0.344. The van der Waals surface area contributed by atoms with Crippen molar-refractivity contribution in [3.63, 3.8) is 0 Å². The van der Waals surface area contributed by atoms with Crippen molar-refractivity contribution in [3.05, 3.63) is 64.6 Å². The predicted molar refractivity (Wildman–Crippen MR) is 157 cm³/mol. The molecule has 2 amide bonds. The van der Waals surface area contributed by atoms with Crippen molar-refractivity contribution < 1.29 is 33.0 Å². The van der Waals surface area contributed by atoms with E-state index in [0.717, 1.165) is 32.7 Å². The molecule has 0 bridgehead atoms. The minimum absolute atomic E-state index is 0.0202. The second-order valence-electron chi connectivity index (χ2n) is 10.2. The number of ether oxygens (including phenoxy) is 1. The highest BCUT2D eigenvalue weighted by Crippen LogP contribution is 2.30. The van der Waals surface area contributed by atoms with E-state index < -0.39 is 17.5 Å². The van der Waals surface area contributed by atoms with Gasteiger partial charge in [-0.1, -0.05) is 11.6 Å². The number of carbonyl (C=O) groups is 3. The Kier molecular flexibility index (Phi) is 10.7. The monoisotopic (exact) mass is 618 g/mol. The fourth-order valence-electron chi connectivity index (χ4n) is 5.25. The summed E-state index contributed by atoms with van der Waals surface area (Å²) in [6.45, 7) is 5.85. The molecule has 3 N–H and O–H groups in total. The molecular formula is C29H33ClF2N6O5. The molecule has 14 heteroatoms. The normalized spacial score (nSPS) is 16.8. The van der Waals surface area contributed by atoms with Crippen molar-refractivity contribution >= 4 is 35.6 Å². The van der Waals surface area contributed by atoms with Gasteiger partial charge in [0.05, 0.1) is 29.6 Å². The number of nitrogens with one attached hydrogen (secondary N) is 2. The van der Waals surface area contributed by atoms with Crippen LogP contribution >= 0.6 is 11.6 Å². The lowest BCUT2D eigenvalue weighted by Crippen LogP contribution is -2.50. The minimum atomic E-state index is -1.13. The van der Waals surface area contributed by atoms with Crippen LogP contribution in [0, 0.1) is 17.6 Å². The number of methoxy groups -OCH3 is 1. The molecule has 5 rings (SSSR count). The standard InChI is InChI=1S/C28H31ClF2N6O3.CH2O2/c1-35-22(20-5-6-23(40-2)25(31)24(20)30)15-33-26(35)27(38)34-18-3-4-19(21(29)13-18)28(39)37-11-9-36(10-12-37)16-17-7-8-32-14-17;2-1-3/h3-6,13,15,17,32H,7-12,14,16H2,1-2H3,(H,34,38);1H,(H,2,3). The predicted octanol–water partition coefficient (Wildman–Crippen LogP) is 3.35. The number of aromatic nitrogens is 2. The average Bonchev–Trinajstić information content (AvgIpc) is 3.65. The zero-order valence-corrected chi connectivity index (χ0v) is 24.5. The molecule has 2 saturated heterocycles. The number of halogens is 3. The summed E-state index contributed by atoms with van der Waals surface area (Å²) in [6, 6.07) is 7.37. The van der Waals surface area contributed by atoms with Gasteiger partial charge in [-0.05, 0) is 55.8 Å². The van der Waals surface area contributed by atoms with E-state index in [1.165, 1.54) is 49.5 Å². The Labute approximate surface area is 252 Å². The molecule has 43 heavy (non-hydrogen) atoms. The zero-order valence-electron chi connectivity index (χ0n) is 23.8. The van der Waals surface area contributed by atoms with E-state index in [4.69, 9.17) is 26.2 Å². The number of imidazole rings is 1. The number of carboxylic acid groups (broad SMARTS) is 1. The Bertz CT molecular complexity index is 1470. The molecule has 2 aromatic carbocycles. The van der Waals surface area contributed by atoms with E-state index in [1.807, 2.05) is 0 Å². The first-order chi connectivity index (χ1) is 20.7. The van der Waals surface area contributed by atoms with Crippen LogP contribution in [-0.2, 0) is 11.8 Å². The van der Waals surface area contributed by atoms with Crippen molar-refractivity contribution in [1.82, 2.24) is 24.7 Å². The maximum absolute atomic E-state index is 14.6. The summed E-state index contributed by atoms with van der Waals surface area (Å²) in [6.07, 6.45) is 2.48. The molecule has 11 nitrogen and oxygen atoms in total. The molecule has 0 saturated carbocycles. The average molecular weight is 619 g/mol. The number of carbonyl (C=O) groups excluding carboxylic acids is 2. The third-order valence-electron chi connectivity index (χ3n) is 7.53. The second kappa shape index (κ2) is 14.4. The minimum Gasteiger partial charge on any atom is -0.494 e. The van der Waals surface area contributed by atoms with Crippen LogP contribution in [0.15, 0.2) is 36.5 Å². The van der Waals surface area contributed by atoms with Crippen LogP contribution in [0.2, 0.25) is 5.02 Å². The maximum atomic E-state index is 14.6. The van der Waals surface area contributed by atoms with Gasteiger partial charge >= 0.3 is 0 Å². The lowest BCUT2D eigenvalue weighted by atomic mass is 10.1. The van der Waals surface area contributed by atoms with Crippen LogP contribution in [0.4, 0.5) is 14.5 Å². The zero-order chi connectivity index (χ0) is 31.1. The first kappa shape index (κ1) is 31.9. The van der Waals surface area contributed by atoms with Crippen LogP contribution in [0.3, 0.4) is 0 Å². The van der Waals surface area contributed by atoms with E-state index in [1.54, 1.807) is 17.0 Å². The Balaban J connectivity index is 0.00000135. The van der Waals surface area contributed by atoms with Gasteiger partial charge in [0.1, 0.15) is 0 Å². The molecule has 2 fully saturated rings. The van der Waals surface area contributed by atoms with Gasteiger partial charge in [-0.25, -0.2) is 9.37 Å².